The Morgan fingerprint density at radius 2 is 1.77 bits per heavy atom. The maximum absolute atomic E-state index is 12.3. The minimum absolute atomic E-state index is 0.243. The number of carbonyl (C=O) groups is 2. The molecular formula is C24H27N3O4. The Bertz CT molecular complexity index is 974. The van der Waals surface area contributed by atoms with Crippen LogP contribution in [0.5, 0.6) is 0 Å². The SMILES string of the molecule is COC(=O)c1cccc(C#Cc2cccc(NC(=O)NC[C@H](C)N3CCOCC3)c2)c1. The van der Waals surface area contributed by atoms with Crippen molar-refractivity contribution in [3.63, 3.8) is 0 Å². The second-order valence-corrected chi connectivity index (χ2v) is 7.24. The van der Waals surface area contributed by atoms with E-state index in [1.54, 1.807) is 18.2 Å². The fourth-order valence-electron chi connectivity index (χ4n) is 3.22. The molecule has 1 heterocycles. The average molecular weight is 421 g/mol. The lowest BCUT2D eigenvalue weighted by atomic mass is 10.1. The van der Waals surface area contributed by atoms with Gasteiger partial charge < -0.3 is 20.1 Å². The summed E-state index contributed by atoms with van der Waals surface area (Å²) in [4.78, 5) is 26.2. The molecule has 1 atom stereocenters. The van der Waals surface area contributed by atoms with Crippen LogP contribution in [-0.4, -0.2) is 62.9 Å². The summed E-state index contributed by atoms with van der Waals surface area (Å²) in [6, 6.07) is 14.3. The van der Waals surface area contributed by atoms with Crippen molar-refractivity contribution in [2.45, 2.75) is 13.0 Å². The first-order valence-electron chi connectivity index (χ1n) is 10.2. The smallest absolute Gasteiger partial charge is 0.337 e. The van der Waals surface area contributed by atoms with E-state index in [4.69, 9.17) is 9.47 Å². The normalized spacial score (nSPS) is 14.6. The van der Waals surface area contributed by atoms with E-state index in [0.29, 0.717) is 23.4 Å². The summed E-state index contributed by atoms with van der Waals surface area (Å²) in [6.07, 6.45) is 0. The molecule has 162 valence electrons. The van der Waals surface area contributed by atoms with Crippen molar-refractivity contribution in [3.8, 4) is 11.8 Å². The highest BCUT2D eigenvalue weighted by Gasteiger charge is 2.17. The molecular weight excluding hydrogens is 394 g/mol. The highest BCUT2D eigenvalue weighted by atomic mass is 16.5. The van der Waals surface area contributed by atoms with Crippen molar-refractivity contribution in [1.82, 2.24) is 10.2 Å². The van der Waals surface area contributed by atoms with Gasteiger partial charge in [0, 0.05) is 42.5 Å². The van der Waals surface area contributed by atoms with Crippen LogP contribution in [0.25, 0.3) is 0 Å². The maximum atomic E-state index is 12.3. The molecule has 0 unspecified atom stereocenters. The molecule has 0 saturated carbocycles. The van der Waals surface area contributed by atoms with Gasteiger partial charge in [-0.2, -0.15) is 0 Å². The summed E-state index contributed by atoms with van der Waals surface area (Å²) in [5.74, 6) is 5.70. The molecule has 0 bridgehead atoms. The van der Waals surface area contributed by atoms with Crippen molar-refractivity contribution in [3.05, 3.63) is 65.2 Å². The summed E-state index contributed by atoms with van der Waals surface area (Å²) in [7, 11) is 1.35. The Morgan fingerprint density at radius 1 is 1.10 bits per heavy atom. The molecule has 7 heteroatoms. The molecule has 2 aromatic carbocycles. The van der Waals surface area contributed by atoms with Crippen LogP contribution in [0.3, 0.4) is 0 Å². The van der Waals surface area contributed by atoms with Crippen LogP contribution in [0.4, 0.5) is 10.5 Å². The van der Waals surface area contributed by atoms with Crippen LogP contribution in [0, 0.1) is 11.8 Å². The van der Waals surface area contributed by atoms with Crippen LogP contribution in [0.1, 0.15) is 28.4 Å². The predicted molar refractivity (Wildman–Crippen MR) is 119 cm³/mol. The molecule has 2 amide bonds. The molecule has 1 saturated heterocycles. The first kappa shape index (κ1) is 22.3. The highest BCUT2D eigenvalue weighted by molar-refractivity contribution is 5.90. The number of nitrogens with zero attached hydrogens (tertiary/aromatic N) is 1. The largest absolute Gasteiger partial charge is 0.465 e. The fraction of sp³-hybridized carbons (Fsp3) is 0.333. The number of ether oxygens (including phenoxy) is 2. The molecule has 1 fully saturated rings. The zero-order valence-electron chi connectivity index (χ0n) is 17.8. The van der Waals surface area contributed by atoms with E-state index in [1.807, 2.05) is 30.3 Å². The van der Waals surface area contributed by atoms with E-state index in [9.17, 15) is 9.59 Å². The molecule has 2 aromatic rings. The summed E-state index contributed by atoms with van der Waals surface area (Å²) >= 11 is 0. The lowest BCUT2D eigenvalue weighted by Crippen LogP contribution is -2.47. The Morgan fingerprint density at radius 3 is 2.48 bits per heavy atom. The molecule has 3 rings (SSSR count). The van der Waals surface area contributed by atoms with Gasteiger partial charge in [-0.15, -0.1) is 0 Å². The Kier molecular flexibility index (Phi) is 8.05. The topological polar surface area (TPSA) is 79.9 Å². The van der Waals surface area contributed by atoms with E-state index < -0.39 is 5.97 Å². The molecule has 1 aliphatic heterocycles. The minimum Gasteiger partial charge on any atom is -0.465 e. The lowest BCUT2D eigenvalue weighted by Gasteiger charge is -2.32. The molecule has 0 radical (unpaired) electrons. The molecule has 0 spiro atoms. The Labute approximate surface area is 182 Å². The standard InChI is InChI=1S/C24H27N3O4/c1-18(27-11-13-31-14-12-27)17-25-24(29)26-22-8-4-6-20(16-22)10-9-19-5-3-7-21(15-19)23(28)30-2/h3-8,15-16,18H,11-14,17H2,1-2H3,(H2,25,26,29)/t18-/m0/s1. The summed E-state index contributed by atoms with van der Waals surface area (Å²) in [5.41, 5.74) is 2.57. The van der Waals surface area contributed by atoms with Gasteiger partial charge >= 0.3 is 12.0 Å². The number of nitrogens with one attached hydrogen (secondary N) is 2. The molecule has 2 N–H and O–H groups in total. The number of hydrogen-bond donors (Lipinski definition) is 2. The van der Waals surface area contributed by atoms with Gasteiger partial charge in [-0.05, 0) is 43.3 Å². The molecule has 7 nitrogen and oxygen atoms in total. The number of rotatable bonds is 5. The molecule has 31 heavy (non-hydrogen) atoms. The van der Waals surface area contributed by atoms with Gasteiger partial charge in [0.1, 0.15) is 0 Å². The van der Waals surface area contributed by atoms with Crippen LogP contribution < -0.4 is 10.6 Å². The van der Waals surface area contributed by atoms with Crippen molar-refractivity contribution >= 4 is 17.7 Å². The van der Waals surface area contributed by atoms with Crippen LogP contribution in [0.2, 0.25) is 0 Å². The third kappa shape index (κ3) is 6.85. The van der Waals surface area contributed by atoms with Gasteiger partial charge in [-0.25, -0.2) is 9.59 Å². The van der Waals surface area contributed by atoms with Gasteiger partial charge in [-0.1, -0.05) is 24.0 Å². The first-order chi connectivity index (χ1) is 15.0. The average Bonchev–Trinajstić information content (AvgIpc) is 2.81. The zero-order valence-corrected chi connectivity index (χ0v) is 17.8. The first-order valence-corrected chi connectivity index (χ1v) is 10.2. The summed E-state index contributed by atoms with van der Waals surface area (Å²) in [6.45, 7) is 5.88. The summed E-state index contributed by atoms with van der Waals surface area (Å²) in [5, 5.41) is 5.76. The molecule has 1 aliphatic rings. The fourth-order valence-corrected chi connectivity index (χ4v) is 3.22. The van der Waals surface area contributed by atoms with E-state index in [0.717, 1.165) is 31.9 Å². The molecule has 0 aromatic heterocycles. The third-order valence-electron chi connectivity index (χ3n) is 4.98. The van der Waals surface area contributed by atoms with Gasteiger partial charge in [0.2, 0.25) is 0 Å². The van der Waals surface area contributed by atoms with Crippen molar-refractivity contribution in [2.75, 3.05) is 45.3 Å². The monoisotopic (exact) mass is 421 g/mol. The number of morpholine rings is 1. The number of amides is 2. The van der Waals surface area contributed by atoms with E-state index >= 15 is 0 Å². The van der Waals surface area contributed by atoms with Crippen LogP contribution in [-0.2, 0) is 9.47 Å². The number of anilines is 1. The number of esters is 1. The van der Waals surface area contributed by atoms with Gasteiger partial charge in [0.05, 0.1) is 25.9 Å². The number of urea groups is 1. The minimum atomic E-state index is -0.399. The zero-order chi connectivity index (χ0) is 22.1. The second-order valence-electron chi connectivity index (χ2n) is 7.24. The van der Waals surface area contributed by atoms with Crippen molar-refractivity contribution in [2.24, 2.45) is 0 Å². The third-order valence-corrected chi connectivity index (χ3v) is 4.98. The van der Waals surface area contributed by atoms with Gasteiger partial charge in [-0.3, -0.25) is 4.90 Å². The number of carbonyl (C=O) groups excluding carboxylic acids is 2. The lowest BCUT2D eigenvalue weighted by molar-refractivity contribution is 0.0209. The van der Waals surface area contributed by atoms with E-state index in [2.05, 4.69) is 34.3 Å². The van der Waals surface area contributed by atoms with Gasteiger partial charge in [0.25, 0.3) is 0 Å². The van der Waals surface area contributed by atoms with Crippen molar-refractivity contribution < 1.29 is 19.1 Å². The highest BCUT2D eigenvalue weighted by Crippen LogP contribution is 2.11. The van der Waals surface area contributed by atoms with E-state index in [-0.39, 0.29) is 12.1 Å². The Balaban J connectivity index is 1.56. The molecule has 0 aliphatic carbocycles. The van der Waals surface area contributed by atoms with Crippen LogP contribution in [0.15, 0.2) is 48.5 Å². The summed E-state index contributed by atoms with van der Waals surface area (Å²) < 4.78 is 10.1. The van der Waals surface area contributed by atoms with Gasteiger partial charge in [0.15, 0.2) is 0 Å². The Hall–Kier alpha value is -3.34. The van der Waals surface area contributed by atoms with E-state index in [1.165, 1.54) is 7.11 Å². The quantitative estimate of drug-likeness (QED) is 0.573. The predicted octanol–water partition coefficient (Wildman–Crippen LogP) is 2.72. The number of benzene rings is 2. The maximum Gasteiger partial charge on any atom is 0.337 e. The number of hydrogen-bond acceptors (Lipinski definition) is 5. The van der Waals surface area contributed by atoms with Crippen molar-refractivity contribution in [1.29, 1.82) is 0 Å². The second kappa shape index (κ2) is 11.2. The van der Waals surface area contributed by atoms with Crippen LogP contribution >= 0.6 is 0 Å². The number of methoxy groups -OCH3 is 1.